The molecule has 0 aliphatic rings. The molecule has 5 N–H and O–H groups in total. The van der Waals surface area contributed by atoms with E-state index in [-0.39, 0.29) is 29.5 Å². The number of urea groups is 1. The van der Waals surface area contributed by atoms with Crippen LogP contribution in [0, 0.1) is 5.92 Å². The molecule has 1 aromatic rings. The number of carbonyl (C=O) groups excluding carboxylic acids is 1. The number of carboxylic acid groups (broad SMARTS) is 1. The quantitative estimate of drug-likeness (QED) is 0.607. The average molecular weight is 315 g/mol. The molecule has 1 aromatic carbocycles. The van der Waals surface area contributed by atoms with E-state index in [4.69, 9.17) is 10.2 Å². The highest BCUT2D eigenvalue weighted by atomic mass is 32.2. The Balaban J connectivity index is 2.58. The van der Waals surface area contributed by atoms with Crippen LogP contribution < -0.4 is 15.8 Å². The van der Waals surface area contributed by atoms with Crippen LogP contribution in [0.2, 0.25) is 0 Å². The first kappa shape index (κ1) is 16.9. The normalized spacial score (nSPS) is 12.5. The van der Waals surface area contributed by atoms with Gasteiger partial charge in [0.2, 0.25) is 10.0 Å². The number of aliphatic carboxylic acids is 1. The van der Waals surface area contributed by atoms with E-state index in [1.165, 1.54) is 24.3 Å². The van der Waals surface area contributed by atoms with E-state index < -0.39 is 22.0 Å². The Morgan fingerprint density at radius 2 is 2.05 bits per heavy atom. The van der Waals surface area contributed by atoms with Gasteiger partial charge in [-0.2, -0.15) is 0 Å². The summed E-state index contributed by atoms with van der Waals surface area (Å²) in [5, 5.41) is 18.5. The molecular formula is C12H17N3O5S. The van der Waals surface area contributed by atoms with Gasteiger partial charge in [0.15, 0.2) is 0 Å². The number of carboxylic acids is 1. The molecule has 9 heteroatoms. The minimum absolute atomic E-state index is 0.0544. The van der Waals surface area contributed by atoms with Crippen LogP contribution in [0.25, 0.3) is 0 Å². The van der Waals surface area contributed by atoms with Crippen molar-refractivity contribution in [1.82, 2.24) is 5.32 Å². The second-order valence-corrected chi connectivity index (χ2v) is 6.17. The summed E-state index contributed by atoms with van der Waals surface area (Å²) in [5.41, 5.74) is 0.268. The molecule has 0 aromatic heterocycles. The predicted molar refractivity (Wildman–Crippen MR) is 76.3 cm³/mol. The molecule has 0 heterocycles. The SMILES string of the molecule is CC(CNC(=O)Nc1cccc(S(N)(=O)=O)c1)CC(=O)O. The summed E-state index contributed by atoms with van der Waals surface area (Å²) in [5.74, 6) is -1.16. The number of rotatable bonds is 6. The highest BCUT2D eigenvalue weighted by Crippen LogP contribution is 2.13. The first-order valence-corrected chi connectivity index (χ1v) is 7.62. The van der Waals surface area contributed by atoms with Gasteiger partial charge in [-0.05, 0) is 24.1 Å². The lowest BCUT2D eigenvalue weighted by atomic mass is 10.1. The summed E-state index contributed by atoms with van der Waals surface area (Å²) in [6, 6.07) is 4.94. The van der Waals surface area contributed by atoms with Crippen LogP contribution in [0.5, 0.6) is 0 Å². The zero-order chi connectivity index (χ0) is 16.0. The van der Waals surface area contributed by atoms with Crippen LogP contribution in [0.1, 0.15) is 13.3 Å². The van der Waals surface area contributed by atoms with Gasteiger partial charge >= 0.3 is 12.0 Å². The Labute approximate surface area is 122 Å². The first-order chi connectivity index (χ1) is 9.68. The summed E-state index contributed by atoms with van der Waals surface area (Å²) in [7, 11) is -3.84. The van der Waals surface area contributed by atoms with Gasteiger partial charge in [-0.3, -0.25) is 4.79 Å². The van der Waals surface area contributed by atoms with Crippen LogP contribution in [0.15, 0.2) is 29.2 Å². The largest absolute Gasteiger partial charge is 0.481 e. The molecule has 0 radical (unpaired) electrons. The highest BCUT2D eigenvalue weighted by molar-refractivity contribution is 7.89. The third-order valence-electron chi connectivity index (χ3n) is 2.55. The number of amides is 2. The minimum Gasteiger partial charge on any atom is -0.481 e. The van der Waals surface area contributed by atoms with Crippen molar-refractivity contribution in [2.24, 2.45) is 11.1 Å². The van der Waals surface area contributed by atoms with E-state index in [1.807, 2.05) is 0 Å². The average Bonchev–Trinajstić information content (AvgIpc) is 2.35. The molecule has 0 saturated heterocycles. The molecule has 116 valence electrons. The molecule has 0 saturated carbocycles. The van der Waals surface area contributed by atoms with E-state index in [2.05, 4.69) is 10.6 Å². The number of carbonyl (C=O) groups is 2. The maximum atomic E-state index is 11.6. The van der Waals surface area contributed by atoms with E-state index in [1.54, 1.807) is 6.92 Å². The van der Waals surface area contributed by atoms with Gasteiger partial charge in [-0.25, -0.2) is 18.4 Å². The van der Waals surface area contributed by atoms with Crippen molar-refractivity contribution in [2.45, 2.75) is 18.2 Å². The minimum atomic E-state index is -3.84. The van der Waals surface area contributed by atoms with Gasteiger partial charge in [-0.1, -0.05) is 13.0 Å². The van der Waals surface area contributed by atoms with Crippen molar-refractivity contribution in [1.29, 1.82) is 0 Å². The molecule has 0 aliphatic carbocycles. The molecule has 2 amide bonds. The third kappa shape index (κ3) is 6.23. The molecule has 0 spiro atoms. The van der Waals surface area contributed by atoms with Crippen molar-refractivity contribution in [3.63, 3.8) is 0 Å². The van der Waals surface area contributed by atoms with E-state index in [9.17, 15) is 18.0 Å². The van der Waals surface area contributed by atoms with Crippen molar-refractivity contribution in [2.75, 3.05) is 11.9 Å². The molecular weight excluding hydrogens is 298 g/mol. The first-order valence-electron chi connectivity index (χ1n) is 6.08. The van der Waals surface area contributed by atoms with Crippen molar-refractivity contribution in [3.8, 4) is 0 Å². The van der Waals surface area contributed by atoms with Gasteiger partial charge in [0, 0.05) is 18.7 Å². The number of benzene rings is 1. The molecule has 1 rings (SSSR count). The monoisotopic (exact) mass is 315 g/mol. The summed E-state index contributed by atoms with van der Waals surface area (Å²) < 4.78 is 22.4. The number of hydrogen-bond donors (Lipinski definition) is 4. The van der Waals surface area contributed by atoms with Crippen molar-refractivity contribution >= 4 is 27.7 Å². The van der Waals surface area contributed by atoms with Crippen LogP contribution in [-0.4, -0.2) is 32.1 Å². The Hall–Kier alpha value is -2.13. The van der Waals surface area contributed by atoms with Gasteiger partial charge in [0.25, 0.3) is 0 Å². The molecule has 1 unspecified atom stereocenters. The standard InChI is InChI=1S/C12H17N3O5S/c1-8(5-11(16)17)7-14-12(18)15-9-3-2-4-10(6-9)21(13,19)20/h2-4,6,8H,5,7H2,1H3,(H,16,17)(H2,13,19,20)(H2,14,15,18). The van der Waals surface area contributed by atoms with E-state index in [0.717, 1.165) is 0 Å². The van der Waals surface area contributed by atoms with Gasteiger partial charge in [0.05, 0.1) is 4.90 Å². The summed E-state index contributed by atoms with van der Waals surface area (Å²) in [6.45, 7) is 1.88. The molecule has 21 heavy (non-hydrogen) atoms. The van der Waals surface area contributed by atoms with Crippen molar-refractivity contribution in [3.05, 3.63) is 24.3 Å². The van der Waals surface area contributed by atoms with Crippen LogP contribution in [0.3, 0.4) is 0 Å². The fourth-order valence-corrected chi connectivity index (χ4v) is 2.12. The fraction of sp³-hybridized carbons (Fsp3) is 0.333. The van der Waals surface area contributed by atoms with Crippen molar-refractivity contribution < 1.29 is 23.1 Å². The van der Waals surface area contributed by atoms with Gasteiger partial charge < -0.3 is 15.7 Å². The zero-order valence-electron chi connectivity index (χ0n) is 11.4. The van der Waals surface area contributed by atoms with Crippen LogP contribution >= 0.6 is 0 Å². The molecule has 1 atom stereocenters. The van der Waals surface area contributed by atoms with Gasteiger partial charge in [-0.15, -0.1) is 0 Å². The van der Waals surface area contributed by atoms with Crippen LogP contribution in [-0.2, 0) is 14.8 Å². The Kier molecular flexibility index (Phi) is 5.68. The topological polar surface area (TPSA) is 139 Å². The lowest BCUT2D eigenvalue weighted by molar-refractivity contribution is -0.137. The fourth-order valence-electron chi connectivity index (χ4n) is 1.56. The Morgan fingerprint density at radius 3 is 2.62 bits per heavy atom. The second-order valence-electron chi connectivity index (χ2n) is 4.61. The number of anilines is 1. The number of nitrogens with one attached hydrogen (secondary N) is 2. The third-order valence-corrected chi connectivity index (χ3v) is 3.47. The number of hydrogen-bond acceptors (Lipinski definition) is 4. The van der Waals surface area contributed by atoms with Gasteiger partial charge in [0.1, 0.15) is 0 Å². The lowest BCUT2D eigenvalue weighted by Gasteiger charge is -2.11. The summed E-state index contributed by atoms with van der Waals surface area (Å²) >= 11 is 0. The number of nitrogens with two attached hydrogens (primary N) is 1. The molecule has 0 aliphatic heterocycles. The lowest BCUT2D eigenvalue weighted by Crippen LogP contribution is -2.33. The Bertz CT molecular complexity index is 630. The predicted octanol–water partition coefficient (Wildman–Crippen LogP) is 0.566. The smallest absolute Gasteiger partial charge is 0.319 e. The molecule has 0 fully saturated rings. The van der Waals surface area contributed by atoms with E-state index >= 15 is 0 Å². The van der Waals surface area contributed by atoms with Crippen LogP contribution in [0.4, 0.5) is 10.5 Å². The van der Waals surface area contributed by atoms with E-state index in [0.29, 0.717) is 0 Å². The summed E-state index contributed by atoms with van der Waals surface area (Å²) in [4.78, 5) is 22.0. The second kappa shape index (κ2) is 7.04. The number of sulfonamides is 1. The molecule has 8 nitrogen and oxygen atoms in total. The Morgan fingerprint density at radius 1 is 1.38 bits per heavy atom. The maximum Gasteiger partial charge on any atom is 0.319 e. The highest BCUT2D eigenvalue weighted by Gasteiger charge is 2.11. The number of primary sulfonamides is 1. The molecule has 0 bridgehead atoms. The zero-order valence-corrected chi connectivity index (χ0v) is 12.2. The maximum absolute atomic E-state index is 11.6. The summed E-state index contributed by atoms with van der Waals surface area (Å²) in [6.07, 6.45) is -0.0544.